The number of likely N-dealkylation sites (tertiary alicyclic amines) is 1. The van der Waals surface area contributed by atoms with E-state index in [-0.39, 0.29) is 17.9 Å². The lowest BCUT2D eigenvalue weighted by Crippen LogP contribution is -2.55. The molecule has 5 heteroatoms. The van der Waals surface area contributed by atoms with Gasteiger partial charge in [0.1, 0.15) is 0 Å². The van der Waals surface area contributed by atoms with E-state index in [2.05, 4.69) is 10.3 Å². The molecule has 2 aliphatic heterocycles. The van der Waals surface area contributed by atoms with Crippen LogP contribution in [-0.2, 0) is 4.79 Å². The van der Waals surface area contributed by atoms with Crippen LogP contribution in [0.5, 0.6) is 0 Å². The monoisotopic (exact) mass is 287 g/mol. The maximum atomic E-state index is 12.7. The Hall–Kier alpha value is -1.91. The topological polar surface area (TPSA) is 62.3 Å². The number of nitrogens with zero attached hydrogens (tertiary/aromatic N) is 2. The minimum atomic E-state index is 0.0651. The number of nitrogens with one attached hydrogen (secondary N) is 1. The molecule has 5 nitrogen and oxygen atoms in total. The van der Waals surface area contributed by atoms with Gasteiger partial charge in [-0.1, -0.05) is 0 Å². The first-order valence-electron chi connectivity index (χ1n) is 7.57. The van der Waals surface area contributed by atoms with Gasteiger partial charge in [-0.2, -0.15) is 0 Å². The van der Waals surface area contributed by atoms with Crippen LogP contribution in [0.3, 0.4) is 0 Å². The van der Waals surface area contributed by atoms with Crippen LogP contribution in [0, 0.1) is 19.8 Å². The number of pyridine rings is 1. The summed E-state index contributed by atoms with van der Waals surface area (Å²) < 4.78 is 0. The maximum absolute atomic E-state index is 12.7. The fourth-order valence-electron chi connectivity index (χ4n) is 3.38. The first-order chi connectivity index (χ1) is 10.0. The second-order valence-electron chi connectivity index (χ2n) is 6.10. The SMILES string of the molecule is Cc1ccc(C(=O)N2CCC3NC(=O)CCC3C2)c(C)n1. The van der Waals surface area contributed by atoms with Gasteiger partial charge in [-0.05, 0) is 44.7 Å². The largest absolute Gasteiger partial charge is 0.353 e. The van der Waals surface area contributed by atoms with Crippen LogP contribution in [0.1, 0.15) is 41.0 Å². The molecule has 1 aromatic rings. The Balaban J connectivity index is 1.73. The van der Waals surface area contributed by atoms with Crippen molar-refractivity contribution in [1.29, 1.82) is 0 Å². The van der Waals surface area contributed by atoms with Gasteiger partial charge in [-0.25, -0.2) is 0 Å². The van der Waals surface area contributed by atoms with Crippen LogP contribution >= 0.6 is 0 Å². The Bertz CT molecular complexity index is 585. The van der Waals surface area contributed by atoms with Crippen molar-refractivity contribution in [1.82, 2.24) is 15.2 Å². The van der Waals surface area contributed by atoms with Crippen molar-refractivity contribution in [3.05, 3.63) is 29.1 Å². The fourth-order valence-corrected chi connectivity index (χ4v) is 3.38. The van der Waals surface area contributed by atoms with Gasteiger partial charge in [0.15, 0.2) is 0 Å². The number of carbonyl (C=O) groups excluding carboxylic acids is 2. The van der Waals surface area contributed by atoms with Crippen LogP contribution < -0.4 is 5.32 Å². The Labute approximate surface area is 124 Å². The van der Waals surface area contributed by atoms with E-state index in [1.165, 1.54) is 0 Å². The summed E-state index contributed by atoms with van der Waals surface area (Å²) in [5.74, 6) is 0.601. The van der Waals surface area contributed by atoms with E-state index in [4.69, 9.17) is 0 Å². The highest BCUT2D eigenvalue weighted by atomic mass is 16.2. The molecule has 0 bridgehead atoms. The molecule has 2 unspecified atom stereocenters. The Morgan fingerprint density at radius 2 is 2.14 bits per heavy atom. The van der Waals surface area contributed by atoms with Crippen LogP contribution in [0.15, 0.2) is 12.1 Å². The molecule has 112 valence electrons. The average molecular weight is 287 g/mol. The molecule has 0 spiro atoms. The lowest BCUT2D eigenvalue weighted by molar-refractivity contribution is -0.125. The van der Waals surface area contributed by atoms with Gasteiger partial charge < -0.3 is 10.2 Å². The molecule has 2 fully saturated rings. The Morgan fingerprint density at radius 3 is 2.90 bits per heavy atom. The van der Waals surface area contributed by atoms with Crippen molar-refractivity contribution in [2.24, 2.45) is 5.92 Å². The number of hydrogen-bond acceptors (Lipinski definition) is 3. The van der Waals surface area contributed by atoms with Crippen molar-refractivity contribution in [2.75, 3.05) is 13.1 Å². The molecule has 0 aromatic carbocycles. The maximum Gasteiger partial charge on any atom is 0.255 e. The highest BCUT2D eigenvalue weighted by Crippen LogP contribution is 2.26. The molecular formula is C16H21N3O2. The smallest absolute Gasteiger partial charge is 0.255 e. The molecule has 3 rings (SSSR count). The summed E-state index contributed by atoms with van der Waals surface area (Å²) in [5, 5.41) is 3.05. The third-order valence-electron chi connectivity index (χ3n) is 4.57. The van der Waals surface area contributed by atoms with Gasteiger partial charge in [-0.3, -0.25) is 14.6 Å². The first kappa shape index (κ1) is 14.0. The van der Waals surface area contributed by atoms with Gasteiger partial charge in [0.25, 0.3) is 5.91 Å². The number of carbonyl (C=O) groups is 2. The summed E-state index contributed by atoms with van der Waals surface area (Å²) in [4.78, 5) is 30.4. The number of rotatable bonds is 1. The molecule has 21 heavy (non-hydrogen) atoms. The van der Waals surface area contributed by atoms with Crippen molar-refractivity contribution in [2.45, 2.75) is 39.2 Å². The number of amides is 2. The molecule has 3 heterocycles. The fraction of sp³-hybridized carbons (Fsp3) is 0.562. The third kappa shape index (κ3) is 2.77. The predicted octanol–water partition coefficient (Wildman–Crippen LogP) is 1.44. The van der Waals surface area contributed by atoms with Crippen molar-refractivity contribution >= 4 is 11.8 Å². The van der Waals surface area contributed by atoms with E-state index < -0.39 is 0 Å². The van der Waals surface area contributed by atoms with Gasteiger partial charge in [0.05, 0.1) is 11.3 Å². The lowest BCUT2D eigenvalue weighted by atomic mass is 9.85. The average Bonchev–Trinajstić information content (AvgIpc) is 2.46. The molecular weight excluding hydrogens is 266 g/mol. The zero-order valence-electron chi connectivity index (χ0n) is 12.6. The van der Waals surface area contributed by atoms with E-state index in [0.29, 0.717) is 24.4 Å². The van der Waals surface area contributed by atoms with E-state index in [9.17, 15) is 9.59 Å². The number of aryl methyl sites for hydroxylation is 2. The zero-order valence-corrected chi connectivity index (χ0v) is 12.6. The number of piperidine rings is 2. The van der Waals surface area contributed by atoms with E-state index in [1.54, 1.807) is 0 Å². The van der Waals surface area contributed by atoms with Crippen LogP contribution in [0.4, 0.5) is 0 Å². The molecule has 2 saturated heterocycles. The van der Waals surface area contributed by atoms with E-state index in [1.807, 2.05) is 30.9 Å². The van der Waals surface area contributed by atoms with Crippen LogP contribution in [-0.4, -0.2) is 40.8 Å². The Morgan fingerprint density at radius 1 is 1.33 bits per heavy atom. The van der Waals surface area contributed by atoms with Crippen molar-refractivity contribution < 1.29 is 9.59 Å². The number of hydrogen-bond donors (Lipinski definition) is 1. The number of aromatic nitrogens is 1. The third-order valence-corrected chi connectivity index (χ3v) is 4.57. The molecule has 1 aromatic heterocycles. The molecule has 2 amide bonds. The highest BCUT2D eigenvalue weighted by molar-refractivity contribution is 5.95. The summed E-state index contributed by atoms with van der Waals surface area (Å²) in [6.07, 6.45) is 2.31. The summed E-state index contributed by atoms with van der Waals surface area (Å²) >= 11 is 0. The second kappa shape index (κ2) is 5.47. The minimum Gasteiger partial charge on any atom is -0.353 e. The molecule has 2 aliphatic rings. The predicted molar refractivity (Wildman–Crippen MR) is 78.9 cm³/mol. The summed E-state index contributed by atoms with van der Waals surface area (Å²) in [5.41, 5.74) is 2.41. The highest BCUT2D eigenvalue weighted by Gasteiger charge is 2.35. The van der Waals surface area contributed by atoms with Gasteiger partial charge in [0.2, 0.25) is 5.91 Å². The molecule has 0 saturated carbocycles. The van der Waals surface area contributed by atoms with Gasteiger partial charge >= 0.3 is 0 Å². The lowest BCUT2D eigenvalue weighted by Gasteiger charge is -2.41. The van der Waals surface area contributed by atoms with Crippen molar-refractivity contribution in [3.63, 3.8) is 0 Å². The van der Waals surface area contributed by atoms with Crippen LogP contribution in [0.2, 0.25) is 0 Å². The Kier molecular flexibility index (Phi) is 3.66. The van der Waals surface area contributed by atoms with E-state index >= 15 is 0 Å². The summed E-state index contributed by atoms with van der Waals surface area (Å²) in [6, 6.07) is 4.00. The standard InChI is InChI=1S/C16H21N3O2/c1-10-3-5-13(11(2)17-10)16(21)19-8-7-14-12(9-19)4-6-15(20)18-14/h3,5,12,14H,4,6-9H2,1-2H3,(H,18,20). The summed E-state index contributed by atoms with van der Waals surface area (Å²) in [6.45, 7) is 5.25. The normalized spacial score (nSPS) is 25.2. The molecule has 0 radical (unpaired) electrons. The zero-order chi connectivity index (χ0) is 15.0. The first-order valence-corrected chi connectivity index (χ1v) is 7.57. The summed E-state index contributed by atoms with van der Waals surface area (Å²) in [7, 11) is 0. The van der Waals surface area contributed by atoms with Gasteiger partial charge in [0, 0.05) is 31.2 Å². The minimum absolute atomic E-state index is 0.0651. The quantitative estimate of drug-likeness (QED) is 0.850. The van der Waals surface area contributed by atoms with Gasteiger partial charge in [-0.15, -0.1) is 0 Å². The second-order valence-corrected chi connectivity index (χ2v) is 6.10. The van der Waals surface area contributed by atoms with Crippen molar-refractivity contribution in [3.8, 4) is 0 Å². The molecule has 1 N–H and O–H groups in total. The number of fused-ring (bicyclic) bond motifs is 1. The molecule has 0 aliphatic carbocycles. The van der Waals surface area contributed by atoms with Crippen LogP contribution in [0.25, 0.3) is 0 Å². The van der Waals surface area contributed by atoms with E-state index in [0.717, 1.165) is 30.8 Å². The molecule has 2 atom stereocenters.